The summed E-state index contributed by atoms with van der Waals surface area (Å²) in [7, 11) is -3.17. The van der Waals surface area contributed by atoms with Gasteiger partial charge in [-0.05, 0) is 81.0 Å². The molecule has 3 heterocycles. The summed E-state index contributed by atoms with van der Waals surface area (Å²) in [5.74, 6) is 1.93. The third kappa shape index (κ3) is 4.92. The summed E-state index contributed by atoms with van der Waals surface area (Å²) in [4.78, 5) is 37.1. The molecule has 1 aromatic carbocycles. The van der Waals surface area contributed by atoms with Gasteiger partial charge in [-0.2, -0.15) is 4.31 Å². The number of aromatic nitrogens is 1. The third-order valence-corrected chi connectivity index (χ3v) is 12.6. The Morgan fingerprint density at radius 1 is 0.953 bits per heavy atom. The zero-order valence-corrected chi connectivity index (χ0v) is 25.5. The fourth-order valence-electron chi connectivity index (χ4n) is 8.72. The zero-order valence-electron chi connectivity index (χ0n) is 24.7. The molecule has 43 heavy (non-hydrogen) atoms. The molecular weight excluding hydrogens is 566 g/mol. The van der Waals surface area contributed by atoms with Gasteiger partial charge in [-0.15, -0.1) is 0 Å². The molecule has 5 atom stereocenters. The molecule has 1 aromatic heterocycles. The molecule has 2 aromatic rings. The smallest absolute Gasteiger partial charge is 0.322 e. The Morgan fingerprint density at radius 3 is 2.28 bits per heavy atom. The predicted octanol–water partition coefficient (Wildman–Crippen LogP) is 2.90. The number of rotatable bonds is 6. The second-order valence-corrected chi connectivity index (χ2v) is 15.3. The minimum absolute atomic E-state index is 0.0785. The van der Waals surface area contributed by atoms with E-state index < -0.39 is 10.0 Å². The second-order valence-electron chi connectivity index (χ2n) is 13.0. The Bertz CT molecular complexity index is 1490. The molecule has 2 aliphatic heterocycles. The molecule has 4 saturated carbocycles. The van der Waals surface area contributed by atoms with Crippen LogP contribution in [0.1, 0.15) is 39.0 Å². The Kier molecular flexibility index (Phi) is 7.04. The number of amides is 3. The SMILES string of the molecule is CCS(=O)(=O)N1CCN(c2ccc(N3CCN(C(=O)NC4[C@@H]5CC6C[C@H]4CC(C(N)=O)(C6)C5)c4ccccc43)nc2)CC1. The van der Waals surface area contributed by atoms with Gasteiger partial charge in [0.05, 0.1) is 29.0 Å². The van der Waals surface area contributed by atoms with Crippen LogP contribution in [0.2, 0.25) is 0 Å². The van der Waals surface area contributed by atoms with Crippen molar-refractivity contribution >= 4 is 44.8 Å². The summed E-state index contributed by atoms with van der Waals surface area (Å²) in [6.45, 7) is 5.02. The van der Waals surface area contributed by atoms with Crippen LogP contribution >= 0.6 is 0 Å². The molecule has 12 heteroatoms. The lowest BCUT2D eigenvalue weighted by molar-refractivity contribution is -0.145. The van der Waals surface area contributed by atoms with Crippen LogP contribution in [-0.2, 0) is 14.8 Å². The van der Waals surface area contributed by atoms with E-state index >= 15 is 0 Å². The molecule has 11 nitrogen and oxygen atoms in total. The number of primary amides is 1. The van der Waals surface area contributed by atoms with Crippen molar-refractivity contribution in [2.75, 3.05) is 59.7 Å². The summed E-state index contributed by atoms with van der Waals surface area (Å²) >= 11 is 0. The number of carbonyl (C=O) groups is 2. The summed E-state index contributed by atoms with van der Waals surface area (Å²) in [5.41, 5.74) is 8.25. The van der Waals surface area contributed by atoms with Crippen molar-refractivity contribution in [3.05, 3.63) is 42.6 Å². The number of benzene rings is 1. The van der Waals surface area contributed by atoms with E-state index in [0.717, 1.165) is 55.0 Å². The number of nitrogens with zero attached hydrogens (tertiary/aromatic N) is 5. The molecular formula is C31H41N7O4S. The lowest BCUT2D eigenvalue weighted by Crippen LogP contribution is -2.63. The van der Waals surface area contributed by atoms with Crippen molar-refractivity contribution in [3.8, 4) is 0 Å². The zero-order chi connectivity index (χ0) is 29.9. The summed E-state index contributed by atoms with van der Waals surface area (Å²) < 4.78 is 26.0. The van der Waals surface area contributed by atoms with Gasteiger partial charge in [-0.25, -0.2) is 18.2 Å². The third-order valence-electron chi connectivity index (χ3n) is 10.7. The molecule has 230 valence electrons. The Morgan fingerprint density at radius 2 is 1.65 bits per heavy atom. The number of pyridine rings is 1. The summed E-state index contributed by atoms with van der Waals surface area (Å²) in [6.07, 6.45) is 6.48. The maximum atomic E-state index is 13.8. The van der Waals surface area contributed by atoms with E-state index in [4.69, 9.17) is 10.7 Å². The van der Waals surface area contributed by atoms with E-state index in [0.29, 0.717) is 57.0 Å². The van der Waals surface area contributed by atoms with Crippen LogP contribution in [0.4, 0.5) is 27.7 Å². The molecule has 4 aliphatic carbocycles. The summed E-state index contributed by atoms with van der Waals surface area (Å²) in [5, 5.41) is 3.40. The van der Waals surface area contributed by atoms with E-state index in [-0.39, 0.29) is 29.1 Å². The van der Waals surface area contributed by atoms with Gasteiger partial charge in [0.15, 0.2) is 0 Å². The van der Waals surface area contributed by atoms with Gasteiger partial charge in [0.2, 0.25) is 15.9 Å². The van der Waals surface area contributed by atoms with E-state index in [1.807, 2.05) is 47.5 Å². The van der Waals surface area contributed by atoms with Gasteiger partial charge in [-0.1, -0.05) is 12.1 Å². The van der Waals surface area contributed by atoms with Crippen molar-refractivity contribution in [1.29, 1.82) is 0 Å². The minimum Gasteiger partial charge on any atom is -0.369 e. The van der Waals surface area contributed by atoms with Crippen LogP contribution < -0.4 is 25.8 Å². The highest BCUT2D eigenvalue weighted by molar-refractivity contribution is 7.89. The first-order valence-corrected chi connectivity index (χ1v) is 17.2. The van der Waals surface area contributed by atoms with Crippen molar-refractivity contribution in [1.82, 2.24) is 14.6 Å². The second kappa shape index (κ2) is 10.7. The monoisotopic (exact) mass is 607 g/mol. The summed E-state index contributed by atoms with van der Waals surface area (Å²) in [6, 6.07) is 12.0. The van der Waals surface area contributed by atoms with Gasteiger partial charge in [0, 0.05) is 50.7 Å². The number of nitrogens with one attached hydrogen (secondary N) is 1. The number of fused-ring (bicyclic) bond motifs is 1. The molecule has 6 aliphatic rings. The highest BCUT2D eigenvalue weighted by Gasteiger charge is 2.58. The highest BCUT2D eigenvalue weighted by Crippen LogP contribution is 2.60. The Labute approximate surface area is 253 Å². The van der Waals surface area contributed by atoms with Gasteiger partial charge >= 0.3 is 6.03 Å². The Hall–Kier alpha value is -3.38. The van der Waals surface area contributed by atoms with Crippen molar-refractivity contribution in [3.63, 3.8) is 0 Å². The number of piperazine rings is 1. The van der Waals surface area contributed by atoms with Crippen LogP contribution in [0, 0.1) is 23.2 Å². The van der Waals surface area contributed by atoms with Crippen LogP contribution in [0.3, 0.4) is 0 Å². The molecule has 0 spiro atoms. The van der Waals surface area contributed by atoms with E-state index in [2.05, 4.69) is 15.1 Å². The molecule has 3 N–H and O–H groups in total. The number of urea groups is 1. The van der Waals surface area contributed by atoms with E-state index in [1.54, 1.807) is 11.2 Å². The molecule has 3 amide bonds. The fraction of sp³-hybridized carbons (Fsp3) is 0.581. The fourth-order valence-corrected chi connectivity index (χ4v) is 9.81. The quantitative estimate of drug-likeness (QED) is 0.516. The normalized spacial score (nSPS) is 30.3. The molecule has 8 rings (SSSR count). The average molecular weight is 608 g/mol. The van der Waals surface area contributed by atoms with Crippen LogP contribution in [0.5, 0.6) is 0 Å². The number of anilines is 4. The van der Waals surface area contributed by atoms with Crippen molar-refractivity contribution in [2.45, 2.75) is 45.1 Å². The van der Waals surface area contributed by atoms with E-state index in [1.165, 1.54) is 0 Å². The number of carbonyl (C=O) groups excluding carboxylic acids is 2. The number of hydrogen-bond acceptors (Lipinski definition) is 7. The van der Waals surface area contributed by atoms with Crippen LogP contribution in [-0.4, -0.2) is 80.7 Å². The molecule has 0 radical (unpaired) electrons. The van der Waals surface area contributed by atoms with Gasteiger partial charge in [0.1, 0.15) is 5.82 Å². The number of sulfonamides is 1. The van der Waals surface area contributed by atoms with Crippen LogP contribution in [0.25, 0.3) is 0 Å². The molecule has 1 saturated heterocycles. The van der Waals surface area contributed by atoms with Gasteiger partial charge < -0.3 is 20.9 Å². The van der Waals surface area contributed by atoms with Crippen LogP contribution in [0.15, 0.2) is 42.6 Å². The first-order valence-electron chi connectivity index (χ1n) is 15.6. The first kappa shape index (κ1) is 28.4. The number of nitrogens with two attached hydrogens (primary N) is 1. The number of para-hydroxylation sites is 2. The lowest BCUT2D eigenvalue weighted by Gasteiger charge is -2.59. The van der Waals surface area contributed by atoms with Crippen molar-refractivity contribution < 1.29 is 18.0 Å². The van der Waals surface area contributed by atoms with Crippen molar-refractivity contribution in [2.24, 2.45) is 28.9 Å². The lowest BCUT2D eigenvalue weighted by atomic mass is 9.47. The van der Waals surface area contributed by atoms with Gasteiger partial charge in [-0.3, -0.25) is 9.69 Å². The number of hydrogen-bond donors (Lipinski definition) is 2. The van der Waals surface area contributed by atoms with Gasteiger partial charge in [0.25, 0.3) is 0 Å². The highest BCUT2D eigenvalue weighted by atomic mass is 32.2. The first-order chi connectivity index (χ1) is 20.7. The predicted molar refractivity (Wildman–Crippen MR) is 166 cm³/mol. The maximum Gasteiger partial charge on any atom is 0.322 e. The maximum absolute atomic E-state index is 13.8. The standard InChI is InChI=1S/C31H41N7O4S/c1-2-43(41,42)36-11-9-35(10-12-36)24-7-8-27(33-20-24)37-13-14-38(26-6-4-3-5-25(26)37)30(40)34-28-22-15-21-16-23(28)19-31(17-21,18-22)29(32)39/h3-8,20-23,28H,2,9-19H2,1H3,(H2,32,39)(H,34,40)/t21?,22-,23+,28?,31?. The minimum atomic E-state index is -3.17. The molecule has 4 bridgehead atoms. The topological polar surface area (TPSA) is 132 Å². The molecule has 5 fully saturated rings. The molecule has 3 unspecified atom stereocenters. The average Bonchev–Trinajstić information content (AvgIpc) is 3.02. The largest absolute Gasteiger partial charge is 0.369 e. The van der Waals surface area contributed by atoms with E-state index in [9.17, 15) is 18.0 Å². The Balaban J connectivity index is 1.04.